The first-order valence-electron chi connectivity index (χ1n) is 15.0. The van der Waals surface area contributed by atoms with Crippen LogP contribution in [0.1, 0.15) is 37.7 Å². The van der Waals surface area contributed by atoms with Crippen molar-refractivity contribution in [3.8, 4) is 22.9 Å². The fourth-order valence-electron chi connectivity index (χ4n) is 7.83. The second-order valence-electron chi connectivity index (χ2n) is 12.6. The van der Waals surface area contributed by atoms with Crippen LogP contribution >= 0.6 is 11.3 Å². The quantitative estimate of drug-likeness (QED) is 0.250. The molecule has 0 amide bonds. The number of anilines is 2. The number of fused-ring (bicyclic) bond motifs is 5. The van der Waals surface area contributed by atoms with E-state index in [9.17, 15) is 27.1 Å². The number of nitrogens with two attached hydrogens (primary N) is 1. The van der Waals surface area contributed by atoms with Crippen molar-refractivity contribution >= 4 is 43.4 Å². The Hall–Kier alpha value is -3.56. The molecule has 0 radical (unpaired) electrons. The van der Waals surface area contributed by atoms with Gasteiger partial charge in [-0.25, -0.2) is 13.8 Å². The van der Waals surface area contributed by atoms with Gasteiger partial charge in [-0.2, -0.15) is 23.1 Å². The molecule has 0 spiro atoms. The highest BCUT2D eigenvalue weighted by atomic mass is 32.1. The fourth-order valence-corrected chi connectivity index (χ4v) is 8.59. The van der Waals surface area contributed by atoms with E-state index >= 15 is 0 Å². The molecule has 8 rings (SSSR count). The Kier molecular flexibility index (Phi) is 6.56. The van der Waals surface area contributed by atoms with Crippen molar-refractivity contribution < 1.29 is 31.8 Å². The molecule has 238 valence electrons. The number of nitrogen functional groups attached to an aromatic ring is 1. The number of aromatic nitrogens is 3. The molecule has 2 aromatic carbocycles. The highest BCUT2D eigenvalue weighted by molar-refractivity contribution is 7.22. The molecule has 2 bridgehead atoms. The van der Waals surface area contributed by atoms with Crippen LogP contribution in [-0.4, -0.2) is 81.5 Å². The summed E-state index contributed by atoms with van der Waals surface area (Å²) in [4.78, 5) is 17.2. The van der Waals surface area contributed by atoms with Crippen molar-refractivity contribution in [1.29, 1.82) is 0 Å². The molecule has 4 N–H and O–H groups in total. The maximum absolute atomic E-state index is 14.8. The van der Waals surface area contributed by atoms with Crippen molar-refractivity contribution in [2.24, 2.45) is 0 Å². The number of piperazine rings is 1. The Balaban J connectivity index is 1.32. The molecule has 6 heterocycles. The van der Waals surface area contributed by atoms with Crippen LogP contribution in [0.2, 0.25) is 0 Å². The molecule has 45 heavy (non-hydrogen) atoms. The van der Waals surface area contributed by atoms with Crippen molar-refractivity contribution in [2.45, 2.75) is 62.1 Å². The summed E-state index contributed by atoms with van der Waals surface area (Å²) in [6.45, 7) is 2.20. The molecule has 4 saturated heterocycles. The molecule has 0 saturated carbocycles. The number of phenolic OH excluding ortho intramolecular Hbond substituents is 1. The molecule has 15 heteroatoms. The zero-order chi connectivity index (χ0) is 31.2. The van der Waals surface area contributed by atoms with Gasteiger partial charge in [0.2, 0.25) is 0 Å². The van der Waals surface area contributed by atoms with Crippen LogP contribution in [-0.2, 0) is 6.18 Å². The standard InChI is InChI=1S/C30H30F5N7O2S/c31-14-9-29(6-1-7-42(29)10-14)13-44-28-39-22-18(26(40-28)41-11-15-2-3-16(12-41)37-15)8-19(30(33,34)35)21(24(22)43)17-4-5-20(32)25-23(17)38-27(36)45-25/h4-5,8,14-16,37,43H,1-3,6-7,9-13H2,(H2,36,38)/t14-,15-,16+,29+/m1/s1. The molecule has 0 aliphatic carbocycles. The van der Waals surface area contributed by atoms with E-state index in [1.165, 1.54) is 0 Å². The molecular formula is C30H30F5N7O2S. The number of benzene rings is 2. The van der Waals surface area contributed by atoms with Gasteiger partial charge in [0.25, 0.3) is 0 Å². The van der Waals surface area contributed by atoms with Crippen LogP contribution in [0.5, 0.6) is 11.8 Å². The number of hydrogen-bond acceptors (Lipinski definition) is 10. The van der Waals surface area contributed by atoms with Gasteiger partial charge in [0.15, 0.2) is 10.9 Å². The Morgan fingerprint density at radius 3 is 2.64 bits per heavy atom. The summed E-state index contributed by atoms with van der Waals surface area (Å²) in [6.07, 6.45) is -2.06. The van der Waals surface area contributed by atoms with Gasteiger partial charge in [-0.1, -0.05) is 11.3 Å². The van der Waals surface area contributed by atoms with Gasteiger partial charge in [0.05, 0.1) is 21.3 Å². The second-order valence-corrected chi connectivity index (χ2v) is 13.6. The molecular weight excluding hydrogens is 617 g/mol. The summed E-state index contributed by atoms with van der Waals surface area (Å²) >= 11 is 0.806. The number of thiazole rings is 1. The summed E-state index contributed by atoms with van der Waals surface area (Å²) in [5.74, 6) is -1.22. The van der Waals surface area contributed by atoms with E-state index in [2.05, 4.69) is 25.2 Å². The molecule has 4 atom stereocenters. The van der Waals surface area contributed by atoms with E-state index in [1.54, 1.807) is 0 Å². The van der Waals surface area contributed by atoms with Crippen LogP contribution in [0.15, 0.2) is 18.2 Å². The minimum Gasteiger partial charge on any atom is -0.505 e. The van der Waals surface area contributed by atoms with Gasteiger partial charge in [-0.15, -0.1) is 0 Å². The average molecular weight is 648 g/mol. The number of nitrogens with one attached hydrogen (secondary N) is 1. The number of halogens is 5. The summed E-state index contributed by atoms with van der Waals surface area (Å²) in [5, 5.41) is 15.2. The monoisotopic (exact) mass is 647 g/mol. The lowest BCUT2D eigenvalue weighted by Crippen LogP contribution is -2.51. The first-order valence-corrected chi connectivity index (χ1v) is 15.8. The van der Waals surface area contributed by atoms with E-state index < -0.39 is 40.6 Å². The predicted molar refractivity (Wildman–Crippen MR) is 160 cm³/mol. The van der Waals surface area contributed by atoms with Crippen LogP contribution < -0.4 is 20.7 Å². The van der Waals surface area contributed by atoms with Crippen molar-refractivity contribution in [3.63, 3.8) is 0 Å². The molecule has 4 fully saturated rings. The lowest BCUT2D eigenvalue weighted by atomic mass is 9.94. The van der Waals surface area contributed by atoms with Crippen LogP contribution in [0.25, 0.3) is 32.2 Å². The number of phenols is 1. The first kappa shape index (κ1) is 28.9. The second kappa shape index (κ2) is 10.2. The van der Waals surface area contributed by atoms with E-state index in [-0.39, 0.29) is 62.3 Å². The molecule has 4 aliphatic rings. The van der Waals surface area contributed by atoms with Gasteiger partial charge >= 0.3 is 12.2 Å². The minimum absolute atomic E-state index is 0.0127. The smallest absolute Gasteiger partial charge is 0.417 e. The Labute approximate surface area is 258 Å². The maximum atomic E-state index is 14.8. The largest absolute Gasteiger partial charge is 0.505 e. The Morgan fingerprint density at radius 2 is 1.89 bits per heavy atom. The minimum atomic E-state index is -4.91. The summed E-state index contributed by atoms with van der Waals surface area (Å²) < 4.78 is 79.7. The SMILES string of the molecule is Nc1nc2c(-c3c(C(F)(F)F)cc4c(N5C[C@H]6CC[C@@H](C5)N6)nc(OC[C@@]56CCCN5C[C@H](F)C6)nc4c3O)ccc(F)c2s1. The van der Waals surface area contributed by atoms with Gasteiger partial charge < -0.3 is 25.8 Å². The van der Waals surface area contributed by atoms with Crippen LogP contribution in [0, 0.1) is 5.82 Å². The maximum Gasteiger partial charge on any atom is 0.417 e. The highest BCUT2D eigenvalue weighted by Gasteiger charge is 2.49. The number of aromatic hydroxyl groups is 1. The van der Waals surface area contributed by atoms with Crippen LogP contribution in [0.3, 0.4) is 0 Å². The summed E-state index contributed by atoms with van der Waals surface area (Å²) in [5.41, 5.74) is 3.23. The number of rotatable bonds is 5. The average Bonchev–Trinajstić information content (AvgIpc) is 3.73. The van der Waals surface area contributed by atoms with E-state index in [0.29, 0.717) is 26.1 Å². The lowest BCUT2D eigenvalue weighted by molar-refractivity contribution is -0.137. The van der Waals surface area contributed by atoms with Gasteiger partial charge in [-0.05, 0) is 50.4 Å². The Morgan fingerprint density at radius 1 is 1.11 bits per heavy atom. The Bertz CT molecular complexity index is 1820. The van der Waals surface area contributed by atoms with E-state index in [0.717, 1.165) is 61.8 Å². The molecule has 4 aliphatic heterocycles. The lowest BCUT2D eigenvalue weighted by Gasteiger charge is -2.35. The van der Waals surface area contributed by atoms with Crippen molar-refractivity contribution in [3.05, 3.63) is 29.6 Å². The molecule has 9 nitrogen and oxygen atoms in total. The highest BCUT2D eigenvalue weighted by Crippen LogP contribution is 2.50. The van der Waals surface area contributed by atoms with Crippen molar-refractivity contribution in [1.82, 2.24) is 25.2 Å². The topological polar surface area (TPSA) is 113 Å². The molecule has 2 aromatic heterocycles. The van der Waals surface area contributed by atoms with Gasteiger partial charge in [0.1, 0.15) is 29.9 Å². The molecule has 4 aromatic rings. The van der Waals surface area contributed by atoms with Gasteiger partial charge in [-0.3, -0.25) is 4.90 Å². The summed E-state index contributed by atoms with van der Waals surface area (Å²) in [6, 6.07) is 3.29. The van der Waals surface area contributed by atoms with Crippen molar-refractivity contribution in [2.75, 3.05) is 43.4 Å². The third-order valence-electron chi connectivity index (χ3n) is 9.76. The third kappa shape index (κ3) is 4.73. The van der Waals surface area contributed by atoms with E-state index in [1.807, 2.05) is 4.90 Å². The number of nitrogens with zero attached hydrogens (tertiary/aromatic N) is 5. The summed E-state index contributed by atoms with van der Waals surface area (Å²) in [7, 11) is 0. The normalized spacial score (nSPS) is 26.8. The third-order valence-corrected chi connectivity index (χ3v) is 10.7. The number of hydrogen-bond donors (Lipinski definition) is 3. The number of alkyl halides is 4. The zero-order valence-corrected chi connectivity index (χ0v) is 24.8. The number of ether oxygens (including phenoxy) is 1. The van der Waals surface area contributed by atoms with E-state index in [4.69, 9.17) is 10.5 Å². The predicted octanol–water partition coefficient (Wildman–Crippen LogP) is 5.25. The first-order chi connectivity index (χ1) is 21.5. The van der Waals surface area contributed by atoms with Gasteiger partial charge in [0, 0.05) is 54.7 Å². The molecule has 0 unspecified atom stereocenters. The fraction of sp³-hybridized carbons (Fsp3) is 0.500. The van der Waals surface area contributed by atoms with Crippen LogP contribution in [0.4, 0.5) is 32.9 Å². The zero-order valence-electron chi connectivity index (χ0n) is 24.0.